The summed E-state index contributed by atoms with van der Waals surface area (Å²) in [6.45, 7) is 2.43. The van der Waals surface area contributed by atoms with E-state index >= 15 is 0 Å². The van der Waals surface area contributed by atoms with E-state index in [1.54, 1.807) is 67.8 Å². The number of rotatable bonds is 12. The number of carboxylic acid groups (broad SMARTS) is 1. The van der Waals surface area contributed by atoms with Crippen LogP contribution < -0.4 is 19.7 Å². The summed E-state index contributed by atoms with van der Waals surface area (Å²) in [7, 11) is 1.57. The molecule has 4 aromatic carbocycles. The standard InChI is InChI=1S/C36H35N3O8/c1-45-31-14-2-25(3-15-31)22-33(40)37-29-10-6-27(7-11-29)35(43)39(24-34(41)42)23-26-4-16-32(17-5-26)47-36(44)28-8-12-30(13-9-28)38-18-20-46-21-19-38/h2-17H,18-24H2,1H3,(H,37,40)(H,41,42). The predicted molar refractivity (Wildman–Crippen MR) is 175 cm³/mol. The summed E-state index contributed by atoms with van der Waals surface area (Å²) in [6.07, 6.45) is 0.164. The molecule has 1 aliphatic heterocycles. The molecule has 11 nitrogen and oxygen atoms in total. The molecule has 1 aliphatic rings. The third-order valence-corrected chi connectivity index (χ3v) is 7.54. The van der Waals surface area contributed by atoms with E-state index in [1.165, 1.54) is 17.0 Å². The molecule has 242 valence electrons. The maximum absolute atomic E-state index is 13.3. The molecule has 0 aliphatic carbocycles. The van der Waals surface area contributed by atoms with Gasteiger partial charge in [-0.15, -0.1) is 0 Å². The molecule has 0 spiro atoms. The van der Waals surface area contributed by atoms with Gasteiger partial charge < -0.3 is 34.4 Å². The van der Waals surface area contributed by atoms with E-state index in [0.29, 0.717) is 41.5 Å². The Morgan fingerprint density at radius 3 is 2.00 bits per heavy atom. The number of aliphatic carboxylic acids is 1. The van der Waals surface area contributed by atoms with Crippen molar-refractivity contribution in [2.45, 2.75) is 13.0 Å². The molecule has 0 radical (unpaired) electrons. The van der Waals surface area contributed by atoms with E-state index in [2.05, 4.69) is 10.2 Å². The van der Waals surface area contributed by atoms with Gasteiger partial charge in [0.2, 0.25) is 5.91 Å². The van der Waals surface area contributed by atoms with Crippen molar-refractivity contribution in [3.63, 3.8) is 0 Å². The van der Waals surface area contributed by atoms with Crippen molar-refractivity contribution >= 4 is 35.1 Å². The highest BCUT2D eigenvalue weighted by Crippen LogP contribution is 2.21. The van der Waals surface area contributed by atoms with E-state index in [0.717, 1.165) is 24.3 Å². The predicted octanol–water partition coefficient (Wildman–Crippen LogP) is 4.66. The summed E-state index contributed by atoms with van der Waals surface area (Å²) in [5.74, 6) is -1.36. The minimum Gasteiger partial charge on any atom is -0.497 e. The summed E-state index contributed by atoms with van der Waals surface area (Å²) < 4.78 is 16.0. The van der Waals surface area contributed by atoms with Crippen molar-refractivity contribution in [1.82, 2.24) is 4.90 Å². The number of amides is 2. The van der Waals surface area contributed by atoms with Gasteiger partial charge in [0.15, 0.2) is 0 Å². The van der Waals surface area contributed by atoms with Crippen molar-refractivity contribution < 1.29 is 38.5 Å². The number of carboxylic acids is 1. The minimum absolute atomic E-state index is 0.0166. The van der Waals surface area contributed by atoms with Gasteiger partial charge in [0.1, 0.15) is 18.0 Å². The first kappa shape index (κ1) is 32.7. The molecule has 1 heterocycles. The zero-order chi connectivity index (χ0) is 33.2. The molecule has 47 heavy (non-hydrogen) atoms. The number of benzene rings is 4. The number of carbonyl (C=O) groups is 4. The fourth-order valence-corrected chi connectivity index (χ4v) is 5.05. The minimum atomic E-state index is -1.16. The number of hydrogen-bond donors (Lipinski definition) is 2. The second-order valence-corrected chi connectivity index (χ2v) is 10.9. The highest BCUT2D eigenvalue weighted by molar-refractivity contribution is 5.97. The van der Waals surface area contributed by atoms with E-state index in [-0.39, 0.29) is 24.4 Å². The van der Waals surface area contributed by atoms with Crippen LogP contribution in [0.3, 0.4) is 0 Å². The zero-order valence-corrected chi connectivity index (χ0v) is 25.9. The van der Waals surface area contributed by atoms with E-state index < -0.39 is 24.4 Å². The molecule has 0 aromatic heterocycles. The molecule has 0 atom stereocenters. The van der Waals surface area contributed by atoms with Gasteiger partial charge in [-0.05, 0) is 83.9 Å². The number of morpholine rings is 1. The number of methoxy groups -OCH3 is 1. The first-order valence-electron chi connectivity index (χ1n) is 15.0. The Kier molecular flexibility index (Phi) is 10.8. The highest BCUT2D eigenvalue weighted by atomic mass is 16.5. The quantitative estimate of drug-likeness (QED) is 0.168. The average molecular weight is 638 g/mol. The summed E-state index contributed by atoms with van der Waals surface area (Å²) in [5, 5.41) is 12.3. The third kappa shape index (κ3) is 9.18. The molecule has 0 saturated carbocycles. The molecule has 1 saturated heterocycles. The Morgan fingerprint density at radius 2 is 1.38 bits per heavy atom. The van der Waals surface area contributed by atoms with Crippen molar-refractivity contribution in [2.24, 2.45) is 0 Å². The Labute approximate surface area is 272 Å². The van der Waals surface area contributed by atoms with Crippen LogP contribution in [0, 0.1) is 0 Å². The Balaban J connectivity index is 1.16. The van der Waals surface area contributed by atoms with Gasteiger partial charge in [-0.1, -0.05) is 24.3 Å². The van der Waals surface area contributed by atoms with E-state index in [1.807, 2.05) is 24.3 Å². The van der Waals surface area contributed by atoms with Gasteiger partial charge in [0, 0.05) is 36.6 Å². The molecule has 2 N–H and O–H groups in total. The largest absolute Gasteiger partial charge is 0.497 e. The van der Waals surface area contributed by atoms with Crippen molar-refractivity contribution in [3.05, 3.63) is 119 Å². The molecule has 0 unspecified atom stereocenters. The lowest BCUT2D eigenvalue weighted by atomic mass is 10.1. The average Bonchev–Trinajstić information content (AvgIpc) is 3.09. The Hall–Kier alpha value is -5.68. The number of ether oxygens (including phenoxy) is 3. The van der Waals surface area contributed by atoms with Crippen LogP contribution in [0.1, 0.15) is 31.8 Å². The number of carbonyl (C=O) groups excluding carboxylic acids is 3. The molecule has 4 aromatic rings. The topological polar surface area (TPSA) is 135 Å². The molecule has 11 heteroatoms. The molecule has 0 bridgehead atoms. The lowest BCUT2D eigenvalue weighted by molar-refractivity contribution is -0.137. The molecule has 1 fully saturated rings. The van der Waals surface area contributed by atoms with Gasteiger partial charge in [-0.2, -0.15) is 0 Å². The van der Waals surface area contributed by atoms with Gasteiger partial charge >= 0.3 is 11.9 Å². The number of hydrogen-bond acceptors (Lipinski definition) is 8. The Bertz CT molecular complexity index is 1680. The van der Waals surface area contributed by atoms with Crippen LogP contribution in [-0.2, 0) is 27.3 Å². The van der Waals surface area contributed by atoms with Crippen molar-refractivity contribution in [3.8, 4) is 11.5 Å². The van der Waals surface area contributed by atoms with Crippen LogP contribution in [0.2, 0.25) is 0 Å². The first-order chi connectivity index (χ1) is 22.8. The maximum Gasteiger partial charge on any atom is 0.343 e. The van der Waals surface area contributed by atoms with Gasteiger partial charge in [0.25, 0.3) is 5.91 Å². The number of anilines is 2. The van der Waals surface area contributed by atoms with E-state index in [4.69, 9.17) is 14.2 Å². The van der Waals surface area contributed by atoms with Crippen LogP contribution in [0.25, 0.3) is 0 Å². The lowest BCUT2D eigenvalue weighted by Crippen LogP contribution is -2.36. The summed E-state index contributed by atoms with van der Waals surface area (Å²) in [4.78, 5) is 53.5. The molecule has 5 rings (SSSR count). The van der Waals surface area contributed by atoms with Crippen molar-refractivity contribution in [1.29, 1.82) is 0 Å². The smallest absolute Gasteiger partial charge is 0.343 e. The van der Waals surface area contributed by atoms with Gasteiger partial charge in [-0.3, -0.25) is 14.4 Å². The van der Waals surface area contributed by atoms with Crippen LogP contribution >= 0.6 is 0 Å². The van der Waals surface area contributed by atoms with Crippen LogP contribution in [0.4, 0.5) is 11.4 Å². The van der Waals surface area contributed by atoms with Crippen LogP contribution in [0.5, 0.6) is 11.5 Å². The lowest BCUT2D eigenvalue weighted by Gasteiger charge is -2.28. The van der Waals surface area contributed by atoms with Gasteiger partial charge in [0.05, 0.1) is 32.3 Å². The summed E-state index contributed by atoms with van der Waals surface area (Å²) in [5.41, 5.74) is 3.66. The number of nitrogens with zero attached hydrogens (tertiary/aromatic N) is 2. The monoisotopic (exact) mass is 637 g/mol. The number of nitrogens with one attached hydrogen (secondary N) is 1. The molecular formula is C36H35N3O8. The normalized spacial score (nSPS) is 12.6. The molecule has 2 amide bonds. The molecular weight excluding hydrogens is 602 g/mol. The summed E-state index contributed by atoms with van der Waals surface area (Å²) in [6, 6.07) is 27.2. The fraction of sp³-hybridized carbons (Fsp3) is 0.222. The maximum atomic E-state index is 13.3. The van der Waals surface area contributed by atoms with Crippen LogP contribution in [-0.4, -0.2) is 73.7 Å². The fourth-order valence-electron chi connectivity index (χ4n) is 5.05. The first-order valence-corrected chi connectivity index (χ1v) is 15.0. The Morgan fingerprint density at radius 1 is 0.787 bits per heavy atom. The SMILES string of the molecule is COc1ccc(CC(=O)Nc2ccc(C(=O)N(CC(=O)O)Cc3ccc(OC(=O)c4ccc(N5CCOCC5)cc4)cc3)cc2)cc1. The highest BCUT2D eigenvalue weighted by Gasteiger charge is 2.20. The zero-order valence-electron chi connectivity index (χ0n) is 25.9. The van der Waals surface area contributed by atoms with Crippen molar-refractivity contribution in [2.75, 3.05) is 50.2 Å². The van der Waals surface area contributed by atoms with Crippen LogP contribution in [0.15, 0.2) is 97.1 Å². The van der Waals surface area contributed by atoms with Gasteiger partial charge in [-0.25, -0.2) is 4.79 Å². The number of esters is 1. The second-order valence-electron chi connectivity index (χ2n) is 10.9. The third-order valence-electron chi connectivity index (χ3n) is 7.54. The second kappa shape index (κ2) is 15.5. The van der Waals surface area contributed by atoms with E-state index in [9.17, 15) is 24.3 Å². The summed E-state index contributed by atoms with van der Waals surface area (Å²) >= 11 is 0.